The van der Waals surface area contributed by atoms with Gasteiger partial charge in [0.15, 0.2) is 10.8 Å². The summed E-state index contributed by atoms with van der Waals surface area (Å²) in [6.07, 6.45) is 0. The van der Waals surface area contributed by atoms with Crippen LogP contribution >= 0.6 is 11.3 Å². The molecule has 156 valence electrons. The summed E-state index contributed by atoms with van der Waals surface area (Å²) in [5.41, 5.74) is 2.13. The molecule has 0 saturated carbocycles. The van der Waals surface area contributed by atoms with Gasteiger partial charge in [0, 0.05) is 24.7 Å². The summed E-state index contributed by atoms with van der Waals surface area (Å²) in [6.45, 7) is 3.07. The highest BCUT2D eigenvalue weighted by Gasteiger charge is 2.20. The second-order valence-corrected chi connectivity index (χ2v) is 7.58. The van der Waals surface area contributed by atoms with Crippen molar-refractivity contribution in [1.82, 2.24) is 20.0 Å². The smallest absolute Gasteiger partial charge is 0.279 e. The Morgan fingerprint density at radius 3 is 2.71 bits per heavy atom. The molecule has 2 N–H and O–H groups in total. The van der Waals surface area contributed by atoms with E-state index in [0.29, 0.717) is 27.7 Å². The number of carbonyl (C=O) groups is 2. The lowest BCUT2D eigenvalue weighted by atomic mass is 10.2. The molecule has 0 fully saturated rings. The first-order valence-corrected chi connectivity index (χ1v) is 9.80. The zero-order valence-corrected chi connectivity index (χ0v) is 17.1. The van der Waals surface area contributed by atoms with Gasteiger partial charge in [-0.1, -0.05) is 22.6 Å². The zero-order chi connectivity index (χ0) is 22.1. The van der Waals surface area contributed by atoms with E-state index in [1.165, 1.54) is 41.1 Å². The van der Waals surface area contributed by atoms with Crippen LogP contribution < -0.4 is 10.6 Å². The molecule has 0 aliphatic heterocycles. The van der Waals surface area contributed by atoms with Gasteiger partial charge in [-0.25, -0.2) is 9.67 Å². The number of hydrogen-bond acceptors (Lipinski definition) is 8. The van der Waals surface area contributed by atoms with Gasteiger partial charge >= 0.3 is 0 Å². The molecule has 0 spiro atoms. The number of aromatic nitrogens is 4. The van der Waals surface area contributed by atoms with Crippen LogP contribution in [0.3, 0.4) is 0 Å². The van der Waals surface area contributed by atoms with Gasteiger partial charge in [0.05, 0.1) is 26.5 Å². The normalized spacial score (nSPS) is 10.8. The average Bonchev–Trinajstić information content (AvgIpc) is 3.30. The molecule has 2 aromatic heterocycles. The Labute approximate surface area is 178 Å². The Hall–Kier alpha value is -4.19. The Morgan fingerprint density at radius 1 is 1.16 bits per heavy atom. The van der Waals surface area contributed by atoms with E-state index in [4.69, 9.17) is 0 Å². The number of nitrogens with one attached hydrogen (secondary N) is 2. The maximum absolute atomic E-state index is 12.7. The van der Waals surface area contributed by atoms with Gasteiger partial charge in [0.1, 0.15) is 0 Å². The molecule has 31 heavy (non-hydrogen) atoms. The quantitative estimate of drug-likeness (QED) is 0.360. The van der Waals surface area contributed by atoms with Crippen molar-refractivity contribution < 1.29 is 14.5 Å². The number of hydrogen-bond donors (Lipinski definition) is 2. The van der Waals surface area contributed by atoms with E-state index in [0.717, 1.165) is 4.70 Å². The van der Waals surface area contributed by atoms with Crippen LogP contribution in [0.15, 0.2) is 42.5 Å². The number of nitro groups is 1. The van der Waals surface area contributed by atoms with Gasteiger partial charge in [0.2, 0.25) is 5.91 Å². The average molecular weight is 437 g/mol. The SMILES string of the molecule is CC(=O)Nc1ccc2nc(NC(=O)c3nnn(-c4cccc([N+](=O)[O-])c4)c3C)sc2c1. The molecule has 0 atom stereocenters. The van der Waals surface area contributed by atoms with E-state index in [-0.39, 0.29) is 17.3 Å². The monoisotopic (exact) mass is 437 g/mol. The highest BCUT2D eigenvalue weighted by Crippen LogP contribution is 2.29. The number of thiazole rings is 1. The van der Waals surface area contributed by atoms with Crippen LogP contribution in [-0.4, -0.2) is 36.7 Å². The Balaban J connectivity index is 1.57. The topological polar surface area (TPSA) is 145 Å². The number of nitro benzene ring substituents is 1. The van der Waals surface area contributed by atoms with Gasteiger partial charge in [-0.3, -0.25) is 25.0 Å². The van der Waals surface area contributed by atoms with Gasteiger partial charge in [-0.2, -0.15) is 0 Å². The first kappa shape index (κ1) is 20.1. The predicted molar refractivity (Wildman–Crippen MR) is 115 cm³/mol. The highest BCUT2D eigenvalue weighted by molar-refractivity contribution is 7.22. The molecule has 0 aliphatic rings. The minimum atomic E-state index is -0.506. The summed E-state index contributed by atoms with van der Waals surface area (Å²) >= 11 is 1.25. The molecule has 4 aromatic rings. The number of nitrogens with zero attached hydrogens (tertiary/aromatic N) is 5. The van der Waals surface area contributed by atoms with Gasteiger partial charge in [-0.15, -0.1) is 5.10 Å². The molecule has 2 amide bonds. The molecule has 11 nitrogen and oxygen atoms in total. The lowest BCUT2D eigenvalue weighted by Crippen LogP contribution is -2.14. The van der Waals surface area contributed by atoms with Gasteiger partial charge < -0.3 is 5.32 Å². The number of non-ortho nitro benzene ring substituents is 1. The highest BCUT2D eigenvalue weighted by atomic mass is 32.1. The van der Waals surface area contributed by atoms with Crippen molar-refractivity contribution in [3.8, 4) is 5.69 Å². The van der Waals surface area contributed by atoms with Crippen molar-refractivity contribution in [3.05, 3.63) is 64.0 Å². The number of fused-ring (bicyclic) bond motifs is 1. The molecule has 0 aliphatic carbocycles. The molecular formula is C19H15N7O4S. The second kappa shape index (κ2) is 7.91. The van der Waals surface area contributed by atoms with Crippen LogP contribution in [0, 0.1) is 17.0 Å². The van der Waals surface area contributed by atoms with Crippen molar-refractivity contribution in [3.63, 3.8) is 0 Å². The molecule has 0 radical (unpaired) electrons. The van der Waals surface area contributed by atoms with Crippen molar-refractivity contribution in [2.75, 3.05) is 10.6 Å². The first-order chi connectivity index (χ1) is 14.8. The Kier molecular flexibility index (Phi) is 5.13. The predicted octanol–water partition coefficient (Wildman–Crippen LogP) is 3.30. The molecule has 0 bridgehead atoms. The van der Waals surface area contributed by atoms with Crippen LogP contribution in [0.25, 0.3) is 15.9 Å². The van der Waals surface area contributed by atoms with Crippen molar-refractivity contribution in [2.24, 2.45) is 0 Å². The minimum Gasteiger partial charge on any atom is -0.326 e. The fraction of sp³-hybridized carbons (Fsp3) is 0.105. The molecule has 2 heterocycles. The fourth-order valence-electron chi connectivity index (χ4n) is 2.94. The lowest BCUT2D eigenvalue weighted by molar-refractivity contribution is -0.384. The third-order valence-electron chi connectivity index (χ3n) is 4.32. The minimum absolute atomic E-state index is 0.0738. The standard InChI is InChI=1S/C19H15N7O4S/c1-10-17(23-24-25(10)13-4-3-5-14(9-13)26(29)30)18(28)22-19-21-15-7-6-12(20-11(2)27)8-16(15)31-19/h3-9H,1-2H3,(H,20,27)(H,21,22,28). The summed E-state index contributed by atoms with van der Waals surface area (Å²) in [6, 6.07) is 11.1. The van der Waals surface area contributed by atoms with Crippen LogP contribution in [0.5, 0.6) is 0 Å². The second-order valence-electron chi connectivity index (χ2n) is 6.55. The van der Waals surface area contributed by atoms with Crippen molar-refractivity contribution in [2.45, 2.75) is 13.8 Å². The number of amides is 2. The number of carbonyl (C=O) groups excluding carboxylic acids is 2. The van der Waals surface area contributed by atoms with E-state index in [1.54, 1.807) is 31.2 Å². The fourth-order valence-corrected chi connectivity index (χ4v) is 3.84. The van der Waals surface area contributed by atoms with E-state index in [1.807, 2.05) is 0 Å². The van der Waals surface area contributed by atoms with E-state index < -0.39 is 10.8 Å². The molecule has 2 aromatic carbocycles. The van der Waals surface area contributed by atoms with Crippen LogP contribution in [0.4, 0.5) is 16.5 Å². The summed E-state index contributed by atoms with van der Waals surface area (Å²) in [7, 11) is 0. The lowest BCUT2D eigenvalue weighted by Gasteiger charge is -2.03. The van der Waals surface area contributed by atoms with Gasteiger partial charge in [0.25, 0.3) is 11.6 Å². The molecule has 0 saturated heterocycles. The maximum atomic E-state index is 12.7. The van der Waals surface area contributed by atoms with Crippen molar-refractivity contribution >= 4 is 49.9 Å². The zero-order valence-electron chi connectivity index (χ0n) is 16.3. The molecule has 0 unspecified atom stereocenters. The van der Waals surface area contributed by atoms with Crippen LogP contribution in [0.2, 0.25) is 0 Å². The summed E-state index contributed by atoms with van der Waals surface area (Å²) < 4.78 is 2.15. The van der Waals surface area contributed by atoms with Crippen molar-refractivity contribution in [1.29, 1.82) is 0 Å². The van der Waals surface area contributed by atoms with Gasteiger partial charge in [-0.05, 0) is 31.2 Å². The summed E-state index contributed by atoms with van der Waals surface area (Å²) in [4.78, 5) is 38.8. The number of benzene rings is 2. The van der Waals surface area contributed by atoms with E-state index in [2.05, 4.69) is 25.9 Å². The third-order valence-corrected chi connectivity index (χ3v) is 5.26. The molecular weight excluding hydrogens is 422 g/mol. The van der Waals surface area contributed by atoms with Crippen LogP contribution in [0.1, 0.15) is 23.1 Å². The van der Waals surface area contributed by atoms with Crippen LogP contribution in [-0.2, 0) is 4.79 Å². The summed E-state index contributed by atoms with van der Waals surface area (Å²) in [5.74, 6) is -0.685. The first-order valence-electron chi connectivity index (χ1n) is 8.98. The summed E-state index contributed by atoms with van der Waals surface area (Å²) in [5, 5.41) is 24.6. The Bertz CT molecular complexity index is 1340. The molecule has 4 rings (SSSR count). The van der Waals surface area contributed by atoms with E-state index in [9.17, 15) is 19.7 Å². The largest absolute Gasteiger partial charge is 0.326 e. The Morgan fingerprint density at radius 2 is 1.97 bits per heavy atom. The van der Waals surface area contributed by atoms with E-state index >= 15 is 0 Å². The third kappa shape index (κ3) is 4.09. The maximum Gasteiger partial charge on any atom is 0.279 e. The molecule has 12 heteroatoms. The number of anilines is 2. The number of rotatable bonds is 5.